The van der Waals surface area contributed by atoms with E-state index in [0.717, 1.165) is 0 Å². The van der Waals surface area contributed by atoms with Crippen LogP contribution in [0.3, 0.4) is 0 Å². The molecule has 0 spiro atoms. The second-order valence-corrected chi connectivity index (χ2v) is 5.50. The van der Waals surface area contributed by atoms with Gasteiger partial charge in [0.1, 0.15) is 6.04 Å². The van der Waals surface area contributed by atoms with Crippen molar-refractivity contribution in [3.05, 3.63) is 68.2 Å². The van der Waals surface area contributed by atoms with Gasteiger partial charge in [-0.2, -0.15) is 5.11 Å². The highest BCUT2D eigenvalue weighted by Crippen LogP contribution is 2.38. The molecule has 3 rings (SSSR count). The lowest BCUT2D eigenvalue weighted by Crippen LogP contribution is -2.21. The number of hydrogen-bond donors (Lipinski definition) is 0. The number of anilines is 1. The first-order valence-corrected chi connectivity index (χ1v) is 7.18. The second kappa shape index (κ2) is 5.90. The Morgan fingerprint density at radius 1 is 1.18 bits per heavy atom. The van der Waals surface area contributed by atoms with E-state index < -0.39 is 4.92 Å². The average Bonchev–Trinajstić information content (AvgIpc) is 2.99. The molecule has 0 N–H and O–H groups in total. The van der Waals surface area contributed by atoms with Crippen LogP contribution >= 0.6 is 23.2 Å². The van der Waals surface area contributed by atoms with Crippen LogP contribution in [0.2, 0.25) is 10.0 Å². The zero-order valence-corrected chi connectivity index (χ0v) is 12.7. The van der Waals surface area contributed by atoms with E-state index in [-0.39, 0.29) is 11.7 Å². The van der Waals surface area contributed by atoms with E-state index in [1.54, 1.807) is 41.4 Å². The molecule has 22 heavy (non-hydrogen) atoms. The minimum Gasteiger partial charge on any atom is -0.258 e. The molecule has 0 aromatic heterocycles. The van der Waals surface area contributed by atoms with Crippen LogP contribution in [0.15, 0.2) is 52.8 Å². The first-order chi connectivity index (χ1) is 10.6. The zero-order valence-electron chi connectivity index (χ0n) is 11.2. The zero-order chi connectivity index (χ0) is 15.7. The fourth-order valence-corrected chi connectivity index (χ4v) is 2.64. The van der Waals surface area contributed by atoms with Crippen molar-refractivity contribution in [1.82, 2.24) is 0 Å². The predicted molar refractivity (Wildman–Crippen MR) is 84.5 cm³/mol. The summed E-state index contributed by atoms with van der Waals surface area (Å²) < 4.78 is 0. The number of halogens is 2. The summed E-state index contributed by atoms with van der Waals surface area (Å²) in [5, 5.41) is 21.7. The van der Waals surface area contributed by atoms with Gasteiger partial charge in [0.05, 0.1) is 32.8 Å². The van der Waals surface area contributed by atoms with Gasteiger partial charge in [0.2, 0.25) is 0 Å². The van der Waals surface area contributed by atoms with Gasteiger partial charge in [0, 0.05) is 6.07 Å². The molecule has 2 aromatic carbocycles. The topological polar surface area (TPSA) is 71.1 Å². The lowest BCUT2D eigenvalue weighted by molar-refractivity contribution is -0.385. The van der Waals surface area contributed by atoms with Crippen LogP contribution in [-0.4, -0.2) is 11.5 Å². The first-order valence-electron chi connectivity index (χ1n) is 6.43. The molecule has 6 nitrogen and oxygen atoms in total. The van der Waals surface area contributed by atoms with Crippen molar-refractivity contribution >= 4 is 34.6 Å². The third kappa shape index (κ3) is 2.63. The van der Waals surface area contributed by atoms with Gasteiger partial charge >= 0.3 is 0 Å². The normalized spacial score (nSPS) is 17.0. The Morgan fingerprint density at radius 2 is 1.95 bits per heavy atom. The second-order valence-electron chi connectivity index (χ2n) is 4.69. The molecule has 0 amide bonds. The Bertz CT molecular complexity index is 766. The Morgan fingerprint density at radius 3 is 2.68 bits per heavy atom. The molecular formula is C14H10Cl2N4O2. The van der Waals surface area contributed by atoms with Crippen molar-refractivity contribution in [1.29, 1.82) is 0 Å². The van der Waals surface area contributed by atoms with Gasteiger partial charge in [-0.15, -0.1) is 0 Å². The summed E-state index contributed by atoms with van der Waals surface area (Å²) in [4.78, 5) is 10.8. The molecule has 1 heterocycles. The summed E-state index contributed by atoms with van der Waals surface area (Å²) >= 11 is 11.9. The van der Waals surface area contributed by atoms with Crippen LogP contribution in [0.5, 0.6) is 0 Å². The van der Waals surface area contributed by atoms with Crippen LogP contribution in [0, 0.1) is 10.1 Å². The molecule has 1 aliphatic heterocycles. The molecular weight excluding hydrogens is 327 g/mol. The summed E-state index contributed by atoms with van der Waals surface area (Å²) in [5.74, 6) is 0. The molecule has 2 aromatic rings. The van der Waals surface area contributed by atoms with Gasteiger partial charge in [-0.1, -0.05) is 40.6 Å². The number of rotatable bonds is 3. The number of nitro groups is 1. The lowest BCUT2D eigenvalue weighted by Gasteiger charge is -2.22. The highest BCUT2D eigenvalue weighted by atomic mass is 35.5. The maximum atomic E-state index is 11.2. The molecule has 1 atom stereocenters. The molecule has 0 radical (unpaired) electrons. The largest absolute Gasteiger partial charge is 0.274 e. The van der Waals surface area contributed by atoms with Crippen molar-refractivity contribution in [2.24, 2.45) is 10.3 Å². The minimum absolute atomic E-state index is 0.0462. The van der Waals surface area contributed by atoms with E-state index in [0.29, 0.717) is 27.8 Å². The summed E-state index contributed by atoms with van der Waals surface area (Å²) in [5.41, 5.74) is 1.28. The number of nitrogens with zero attached hydrogens (tertiary/aromatic N) is 4. The van der Waals surface area contributed by atoms with Gasteiger partial charge < -0.3 is 0 Å². The maximum Gasteiger partial charge on any atom is 0.274 e. The minimum atomic E-state index is -0.402. The van der Waals surface area contributed by atoms with E-state index in [9.17, 15) is 10.1 Å². The Balaban J connectivity index is 2.01. The van der Waals surface area contributed by atoms with E-state index in [1.807, 2.05) is 0 Å². The molecule has 1 aliphatic rings. The van der Waals surface area contributed by atoms with Crippen LogP contribution in [-0.2, 0) is 0 Å². The van der Waals surface area contributed by atoms with Crippen molar-refractivity contribution in [3.8, 4) is 0 Å². The summed E-state index contributed by atoms with van der Waals surface area (Å²) in [7, 11) is 0. The SMILES string of the molecule is O=[N+]([O-])c1ccccc1C1CN=NN1c1ccc(Cl)c(Cl)c1. The third-order valence-corrected chi connectivity index (χ3v) is 4.11. The number of nitro benzene ring substituents is 1. The maximum absolute atomic E-state index is 11.2. The first kappa shape index (κ1) is 14.7. The predicted octanol–water partition coefficient (Wildman–Crippen LogP) is 4.83. The Kier molecular flexibility index (Phi) is 3.96. The van der Waals surface area contributed by atoms with E-state index in [1.165, 1.54) is 6.07 Å². The molecule has 0 saturated heterocycles. The van der Waals surface area contributed by atoms with E-state index in [4.69, 9.17) is 23.2 Å². The fourth-order valence-electron chi connectivity index (χ4n) is 2.35. The number of para-hydroxylation sites is 1. The van der Waals surface area contributed by atoms with Gasteiger partial charge in [0.25, 0.3) is 5.69 Å². The van der Waals surface area contributed by atoms with Gasteiger partial charge in [0.15, 0.2) is 0 Å². The van der Waals surface area contributed by atoms with E-state index >= 15 is 0 Å². The van der Waals surface area contributed by atoms with Crippen molar-refractivity contribution in [2.45, 2.75) is 6.04 Å². The highest BCUT2D eigenvalue weighted by Gasteiger charge is 2.31. The summed E-state index contributed by atoms with van der Waals surface area (Å²) in [6.45, 7) is 0.338. The van der Waals surface area contributed by atoms with Gasteiger partial charge in [-0.05, 0) is 24.3 Å². The van der Waals surface area contributed by atoms with Crippen molar-refractivity contribution < 1.29 is 4.92 Å². The van der Waals surface area contributed by atoms with E-state index in [2.05, 4.69) is 10.3 Å². The molecule has 8 heteroatoms. The van der Waals surface area contributed by atoms with Crippen LogP contribution in [0.4, 0.5) is 11.4 Å². The molecule has 112 valence electrons. The molecule has 0 saturated carbocycles. The molecule has 0 aliphatic carbocycles. The quantitative estimate of drug-likeness (QED) is 0.595. The standard InChI is InChI=1S/C14H10Cl2N4O2/c15-11-6-5-9(7-12(11)16)19-14(8-17-18-19)10-3-1-2-4-13(10)20(21)22/h1-7,14H,8H2. The lowest BCUT2D eigenvalue weighted by atomic mass is 10.0. The van der Waals surface area contributed by atoms with Crippen molar-refractivity contribution in [3.63, 3.8) is 0 Å². The van der Waals surface area contributed by atoms with Gasteiger partial charge in [-0.25, -0.2) is 5.01 Å². The summed E-state index contributed by atoms with van der Waals surface area (Å²) in [6, 6.07) is 11.3. The summed E-state index contributed by atoms with van der Waals surface area (Å²) in [6.07, 6.45) is 0. The third-order valence-electron chi connectivity index (χ3n) is 3.37. The number of hydrogen-bond acceptors (Lipinski definition) is 5. The smallest absolute Gasteiger partial charge is 0.258 e. The van der Waals surface area contributed by atoms with Crippen LogP contribution < -0.4 is 5.01 Å². The highest BCUT2D eigenvalue weighted by molar-refractivity contribution is 6.42. The molecule has 1 unspecified atom stereocenters. The van der Waals surface area contributed by atoms with Crippen molar-refractivity contribution in [2.75, 3.05) is 11.6 Å². The number of benzene rings is 2. The van der Waals surface area contributed by atoms with Gasteiger partial charge in [-0.3, -0.25) is 10.1 Å². The molecule has 0 fully saturated rings. The van der Waals surface area contributed by atoms with Crippen LogP contribution in [0.1, 0.15) is 11.6 Å². The fraction of sp³-hybridized carbons (Fsp3) is 0.143. The average molecular weight is 337 g/mol. The van der Waals surface area contributed by atoms with Crippen LogP contribution in [0.25, 0.3) is 0 Å². The Labute approximate surface area is 136 Å². The monoisotopic (exact) mass is 336 g/mol. The molecule has 0 bridgehead atoms. The Hall–Kier alpha value is -2.18.